The summed E-state index contributed by atoms with van der Waals surface area (Å²) in [4.78, 5) is 37.3. The molecule has 1 aromatic carbocycles. The fourth-order valence-electron chi connectivity index (χ4n) is 6.07. The van der Waals surface area contributed by atoms with Gasteiger partial charge in [-0.25, -0.2) is 19.2 Å². The van der Waals surface area contributed by atoms with E-state index < -0.39 is 6.03 Å². The van der Waals surface area contributed by atoms with E-state index in [1.54, 1.807) is 18.3 Å². The number of amides is 3. The zero-order chi connectivity index (χ0) is 28.0. The average Bonchev–Trinajstić information content (AvgIpc) is 3.42. The van der Waals surface area contributed by atoms with Crippen molar-refractivity contribution >= 4 is 17.8 Å². The first-order valence-electron chi connectivity index (χ1n) is 14.0. The number of ether oxygens (including phenoxy) is 1. The van der Waals surface area contributed by atoms with Crippen LogP contribution in [0.2, 0.25) is 0 Å². The number of carbonyl (C=O) groups is 2. The number of pyridine rings is 1. The lowest BCUT2D eigenvalue weighted by Gasteiger charge is -2.32. The fourth-order valence-corrected chi connectivity index (χ4v) is 6.07. The lowest BCUT2D eigenvalue weighted by atomic mass is 9.97. The molecular formula is C30H35FN6O3. The summed E-state index contributed by atoms with van der Waals surface area (Å²) in [6.45, 7) is 5.84. The van der Waals surface area contributed by atoms with Crippen LogP contribution in [0.5, 0.6) is 5.75 Å². The Hall–Kier alpha value is -3.79. The second-order valence-electron chi connectivity index (χ2n) is 11.5. The number of aromatic nitrogens is 3. The number of benzene rings is 1. The molecule has 0 bridgehead atoms. The molecule has 1 aliphatic carbocycles. The Bertz CT molecular complexity index is 1460. The molecule has 1 saturated heterocycles. The number of urea groups is 1. The molecule has 9 nitrogen and oxygen atoms in total. The van der Waals surface area contributed by atoms with Gasteiger partial charge in [0.2, 0.25) is 5.91 Å². The van der Waals surface area contributed by atoms with E-state index in [2.05, 4.69) is 35.1 Å². The Morgan fingerprint density at radius 3 is 2.67 bits per heavy atom. The standard InChI is InChI=1S/C30H35FN6O3/c1-30(2)27-20(18-36(30)17-19-9-12-24(22(31)15-19)40-21-7-5-4-6-8-21)10-11-23(33-27)28-32-16-26(35(28)3)37-14-13-25(38)34-29(37)39/h9-12,15-16,21H,4-8,13-14,17-18H2,1-3H3,(H,34,38,39). The monoisotopic (exact) mass is 546 g/mol. The zero-order valence-electron chi connectivity index (χ0n) is 23.2. The smallest absolute Gasteiger partial charge is 0.329 e. The predicted molar refractivity (Wildman–Crippen MR) is 148 cm³/mol. The molecule has 3 aliphatic rings. The second-order valence-corrected chi connectivity index (χ2v) is 11.5. The van der Waals surface area contributed by atoms with Crippen molar-refractivity contribution in [2.24, 2.45) is 7.05 Å². The molecule has 3 aromatic rings. The highest BCUT2D eigenvalue weighted by Crippen LogP contribution is 2.40. The molecule has 3 amide bonds. The first kappa shape index (κ1) is 26.4. The molecule has 0 spiro atoms. The summed E-state index contributed by atoms with van der Waals surface area (Å²) in [7, 11) is 1.84. The highest BCUT2D eigenvalue weighted by Gasteiger charge is 2.39. The lowest BCUT2D eigenvalue weighted by Crippen LogP contribution is -2.50. The average molecular weight is 547 g/mol. The van der Waals surface area contributed by atoms with Gasteiger partial charge >= 0.3 is 6.03 Å². The molecule has 0 atom stereocenters. The van der Waals surface area contributed by atoms with E-state index in [1.807, 2.05) is 23.7 Å². The number of imide groups is 1. The van der Waals surface area contributed by atoms with E-state index >= 15 is 0 Å². The van der Waals surface area contributed by atoms with Gasteiger partial charge in [-0.1, -0.05) is 18.6 Å². The second kappa shape index (κ2) is 10.3. The van der Waals surface area contributed by atoms with Gasteiger partial charge in [0.15, 0.2) is 17.4 Å². The Labute approximate surface area is 233 Å². The third kappa shape index (κ3) is 4.85. The van der Waals surface area contributed by atoms with Crippen LogP contribution in [0.25, 0.3) is 11.5 Å². The van der Waals surface area contributed by atoms with Gasteiger partial charge in [-0.05, 0) is 68.9 Å². The van der Waals surface area contributed by atoms with Gasteiger partial charge in [0.1, 0.15) is 11.5 Å². The van der Waals surface area contributed by atoms with Gasteiger partial charge in [0.25, 0.3) is 0 Å². The third-order valence-corrected chi connectivity index (χ3v) is 8.45. The van der Waals surface area contributed by atoms with Crippen LogP contribution in [-0.2, 0) is 30.5 Å². The van der Waals surface area contributed by atoms with Crippen molar-refractivity contribution in [1.29, 1.82) is 0 Å². The van der Waals surface area contributed by atoms with Gasteiger partial charge in [-0.15, -0.1) is 0 Å². The number of carbonyl (C=O) groups excluding carboxylic acids is 2. The van der Waals surface area contributed by atoms with Crippen molar-refractivity contribution in [2.45, 2.75) is 77.1 Å². The minimum absolute atomic E-state index is 0.109. The van der Waals surface area contributed by atoms with Crippen molar-refractivity contribution in [1.82, 2.24) is 24.8 Å². The van der Waals surface area contributed by atoms with Crippen LogP contribution in [0.15, 0.2) is 36.5 Å². The highest BCUT2D eigenvalue weighted by molar-refractivity contribution is 6.05. The third-order valence-electron chi connectivity index (χ3n) is 8.45. The first-order valence-corrected chi connectivity index (χ1v) is 14.0. The summed E-state index contributed by atoms with van der Waals surface area (Å²) < 4.78 is 22.8. The molecule has 2 fully saturated rings. The van der Waals surface area contributed by atoms with Crippen LogP contribution in [0, 0.1) is 5.82 Å². The number of imidazole rings is 1. The zero-order valence-corrected chi connectivity index (χ0v) is 23.2. The largest absolute Gasteiger partial charge is 0.487 e. The van der Waals surface area contributed by atoms with Crippen molar-refractivity contribution in [2.75, 3.05) is 11.4 Å². The van der Waals surface area contributed by atoms with E-state index in [0.717, 1.165) is 42.5 Å². The lowest BCUT2D eigenvalue weighted by molar-refractivity contribution is -0.120. The van der Waals surface area contributed by atoms with Crippen LogP contribution in [0.4, 0.5) is 15.0 Å². The SMILES string of the molecule is Cn1c(N2CCC(=O)NC2=O)cnc1-c1ccc2c(n1)C(C)(C)N(Cc1ccc(OC3CCCCC3)c(F)c1)C2. The Morgan fingerprint density at radius 2 is 1.93 bits per heavy atom. The topological polar surface area (TPSA) is 92.6 Å². The van der Waals surface area contributed by atoms with E-state index in [0.29, 0.717) is 42.7 Å². The number of fused-ring (bicyclic) bond motifs is 1. The summed E-state index contributed by atoms with van der Waals surface area (Å²) in [5, 5.41) is 2.35. The highest BCUT2D eigenvalue weighted by atomic mass is 19.1. The quantitative estimate of drug-likeness (QED) is 0.466. The molecule has 1 N–H and O–H groups in total. The maximum atomic E-state index is 15.0. The Kier molecular flexibility index (Phi) is 6.82. The molecule has 40 heavy (non-hydrogen) atoms. The number of nitrogens with one attached hydrogen (secondary N) is 1. The summed E-state index contributed by atoms with van der Waals surface area (Å²) in [5.41, 5.74) is 3.27. The predicted octanol–water partition coefficient (Wildman–Crippen LogP) is 5.03. The molecule has 0 radical (unpaired) electrons. The Balaban J connectivity index is 1.19. The number of anilines is 1. The van der Waals surface area contributed by atoms with Crippen LogP contribution in [0.1, 0.15) is 69.2 Å². The van der Waals surface area contributed by atoms with Crippen molar-refractivity contribution < 1.29 is 18.7 Å². The van der Waals surface area contributed by atoms with Crippen molar-refractivity contribution in [3.05, 3.63) is 59.2 Å². The van der Waals surface area contributed by atoms with Gasteiger partial charge in [-0.2, -0.15) is 0 Å². The molecule has 4 heterocycles. The van der Waals surface area contributed by atoms with Crippen LogP contribution in [-0.4, -0.2) is 44.0 Å². The van der Waals surface area contributed by atoms with Gasteiger partial charge in [0, 0.05) is 33.1 Å². The van der Waals surface area contributed by atoms with Crippen molar-refractivity contribution in [3.8, 4) is 17.3 Å². The molecule has 210 valence electrons. The number of rotatable bonds is 6. The van der Waals surface area contributed by atoms with Gasteiger partial charge in [0.05, 0.1) is 23.5 Å². The number of nitrogens with zero attached hydrogens (tertiary/aromatic N) is 5. The van der Waals surface area contributed by atoms with Crippen LogP contribution < -0.4 is 15.0 Å². The minimum atomic E-state index is -0.450. The van der Waals surface area contributed by atoms with E-state index in [1.165, 1.54) is 11.3 Å². The molecule has 2 aliphatic heterocycles. The molecular weight excluding hydrogens is 511 g/mol. The van der Waals surface area contributed by atoms with Crippen LogP contribution in [0.3, 0.4) is 0 Å². The maximum absolute atomic E-state index is 15.0. The Morgan fingerprint density at radius 1 is 1.12 bits per heavy atom. The first-order chi connectivity index (χ1) is 19.2. The van der Waals surface area contributed by atoms with Crippen LogP contribution >= 0.6 is 0 Å². The maximum Gasteiger partial charge on any atom is 0.329 e. The van der Waals surface area contributed by atoms with Gasteiger partial charge < -0.3 is 9.30 Å². The molecule has 0 unspecified atom stereocenters. The summed E-state index contributed by atoms with van der Waals surface area (Å²) in [5.74, 6) is 0.986. The van der Waals surface area contributed by atoms with Crippen molar-refractivity contribution in [3.63, 3.8) is 0 Å². The van der Waals surface area contributed by atoms with E-state index in [4.69, 9.17) is 9.72 Å². The molecule has 6 rings (SSSR count). The fraction of sp³-hybridized carbons (Fsp3) is 0.467. The molecule has 10 heteroatoms. The molecule has 2 aromatic heterocycles. The van der Waals surface area contributed by atoms with E-state index in [9.17, 15) is 14.0 Å². The molecule has 1 saturated carbocycles. The van der Waals surface area contributed by atoms with Gasteiger partial charge in [-0.3, -0.25) is 19.9 Å². The number of hydrogen-bond donors (Lipinski definition) is 1. The summed E-state index contributed by atoms with van der Waals surface area (Å²) in [6, 6.07) is 8.88. The number of hydrogen-bond acceptors (Lipinski definition) is 6. The summed E-state index contributed by atoms with van der Waals surface area (Å²) >= 11 is 0. The van der Waals surface area contributed by atoms with E-state index in [-0.39, 0.29) is 29.8 Å². The number of halogens is 1. The minimum Gasteiger partial charge on any atom is -0.487 e. The normalized spacial score (nSPS) is 19.6. The summed E-state index contributed by atoms with van der Waals surface area (Å²) in [6.07, 6.45) is 7.48.